The summed E-state index contributed by atoms with van der Waals surface area (Å²) in [6.07, 6.45) is 0.294. The van der Waals surface area contributed by atoms with Gasteiger partial charge in [-0.05, 0) is 41.0 Å². The molecule has 3 nitrogen and oxygen atoms in total. The molecule has 3 heteroatoms. The van der Waals surface area contributed by atoms with Gasteiger partial charge in [-0.3, -0.25) is 4.79 Å². The van der Waals surface area contributed by atoms with Gasteiger partial charge in [0.2, 0.25) is 0 Å². The van der Waals surface area contributed by atoms with Crippen LogP contribution in [0.15, 0.2) is 78.9 Å². The molecule has 0 atom stereocenters. The van der Waals surface area contributed by atoms with E-state index < -0.39 is 0 Å². The predicted molar refractivity (Wildman–Crippen MR) is 97.3 cm³/mol. The summed E-state index contributed by atoms with van der Waals surface area (Å²) in [6, 6.07) is 26.4. The number of benzene rings is 3. The quantitative estimate of drug-likeness (QED) is 0.686. The van der Waals surface area contributed by atoms with E-state index in [4.69, 9.17) is 0 Å². The second-order valence-corrected chi connectivity index (χ2v) is 5.52. The summed E-state index contributed by atoms with van der Waals surface area (Å²) >= 11 is 0. The fourth-order valence-corrected chi connectivity index (χ4v) is 2.49. The third-order valence-electron chi connectivity index (χ3n) is 3.81. The van der Waals surface area contributed by atoms with Crippen LogP contribution in [0.2, 0.25) is 0 Å². The average Bonchev–Trinajstić information content (AvgIpc) is 2.64. The minimum Gasteiger partial charge on any atom is -0.469 e. The van der Waals surface area contributed by atoms with Gasteiger partial charge >= 0.3 is 5.97 Å². The van der Waals surface area contributed by atoms with E-state index in [0.29, 0.717) is 6.42 Å². The number of hydrogen-bond donors (Lipinski definition) is 1. The molecule has 0 aliphatic heterocycles. The van der Waals surface area contributed by atoms with Crippen molar-refractivity contribution in [1.82, 2.24) is 0 Å². The Kier molecular flexibility index (Phi) is 4.92. The van der Waals surface area contributed by atoms with E-state index in [2.05, 4.69) is 46.5 Å². The molecule has 0 amide bonds. The third-order valence-corrected chi connectivity index (χ3v) is 3.81. The Morgan fingerprint density at radius 3 is 1.92 bits per heavy atom. The molecule has 0 radical (unpaired) electrons. The number of nitrogens with one attached hydrogen (secondary N) is 1. The smallest absolute Gasteiger partial charge is 0.309 e. The third kappa shape index (κ3) is 4.02. The summed E-state index contributed by atoms with van der Waals surface area (Å²) < 4.78 is 4.67. The Morgan fingerprint density at radius 2 is 1.33 bits per heavy atom. The van der Waals surface area contributed by atoms with Crippen LogP contribution in [0.5, 0.6) is 0 Å². The molecule has 3 aromatic rings. The maximum atomic E-state index is 11.3. The number of anilines is 2. The first-order valence-corrected chi connectivity index (χ1v) is 7.83. The number of carbonyl (C=O) groups excluding carboxylic acids is 1. The van der Waals surface area contributed by atoms with Gasteiger partial charge < -0.3 is 10.1 Å². The van der Waals surface area contributed by atoms with Crippen LogP contribution in [0.1, 0.15) is 5.56 Å². The van der Waals surface area contributed by atoms with E-state index in [1.807, 2.05) is 42.5 Å². The minimum absolute atomic E-state index is 0.229. The van der Waals surface area contributed by atoms with Crippen molar-refractivity contribution in [2.45, 2.75) is 6.42 Å². The van der Waals surface area contributed by atoms with Crippen LogP contribution in [0, 0.1) is 0 Å². The van der Waals surface area contributed by atoms with Gasteiger partial charge in [-0.25, -0.2) is 0 Å². The van der Waals surface area contributed by atoms with E-state index in [0.717, 1.165) is 16.9 Å². The molecule has 0 heterocycles. The molecule has 1 N–H and O–H groups in total. The number of hydrogen-bond acceptors (Lipinski definition) is 3. The lowest BCUT2D eigenvalue weighted by molar-refractivity contribution is -0.139. The zero-order valence-electron chi connectivity index (χ0n) is 13.5. The SMILES string of the molecule is COC(=O)Cc1ccc(Nc2ccc(-c3ccccc3)cc2)cc1. The summed E-state index contributed by atoms with van der Waals surface area (Å²) in [5, 5.41) is 3.36. The molecule has 3 rings (SSSR count). The van der Waals surface area contributed by atoms with Crippen molar-refractivity contribution < 1.29 is 9.53 Å². The normalized spacial score (nSPS) is 10.2. The maximum absolute atomic E-state index is 11.3. The van der Waals surface area contributed by atoms with Gasteiger partial charge in [0.25, 0.3) is 0 Å². The fraction of sp³-hybridized carbons (Fsp3) is 0.0952. The molecule has 0 unspecified atom stereocenters. The predicted octanol–water partition coefficient (Wildman–Crippen LogP) is 4.81. The van der Waals surface area contributed by atoms with Gasteiger partial charge in [-0.2, -0.15) is 0 Å². The fourth-order valence-electron chi connectivity index (χ4n) is 2.49. The lowest BCUT2D eigenvalue weighted by Crippen LogP contribution is -2.04. The van der Waals surface area contributed by atoms with Gasteiger partial charge in [0.05, 0.1) is 13.5 Å². The molecule has 0 aliphatic carbocycles. The van der Waals surface area contributed by atoms with Crippen LogP contribution in [0.4, 0.5) is 11.4 Å². The Labute approximate surface area is 141 Å². The standard InChI is InChI=1S/C21H19NO2/c1-24-21(23)15-16-7-11-19(12-8-16)22-20-13-9-18(10-14-20)17-5-3-2-4-6-17/h2-14,22H,15H2,1H3. The van der Waals surface area contributed by atoms with Crippen molar-refractivity contribution in [3.63, 3.8) is 0 Å². The van der Waals surface area contributed by atoms with Crippen LogP contribution >= 0.6 is 0 Å². The molecule has 0 spiro atoms. The molecule has 0 saturated carbocycles. The highest BCUT2D eigenvalue weighted by atomic mass is 16.5. The van der Waals surface area contributed by atoms with Crippen molar-refractivity contribution in [2.24, 2.45) is 0 Å². The summed E-state index contributed by atoms with van der Waals surface area (Å²) in [5.41, 5.74) is 5.34. The topological polar surface area (TPSA) is 38.3 Å². The number of carbonyl (C=O) groups is 1. The van der Waals surface area contributed by atoms with Gasteiger partial charge in [-0.1, -0.05) is 54.6 Å². The lowest BCUT2D eigenvalue weighted by Gasteiger charge is -2.09. The molecule has 3 aromatic carbocycles. The molecule has 0 bridgehead atoms. The summed E-state index contributed by atoms with van der Waals surface area (Å²) in [4.78, 5) is 11.3. The Bertz CT molecular complexity index is 794. The highest BCUT2D eigenvalue weighted by Gasteiger charge is 2.03. The Morgan fingerprint density at radius 1 is 0.792 bits per heavy atom. The van der Waals surface area contributed by atoms with Gasteiger partial charge in [0, 0.05) is 11.4 Å². The van der Waals surface area contributed by atoms with Crippen LogP contribution in [0.25, 0.3) is 11.1 Å². The first kappa shape index (κ1) is 15.8. The highest BCUT2D eigenvalue weighted by Crippen LogP contribution is 2.23. The first-order chi connectivity index (χ1) is 11.7. The summed E-state index contributed by atoms with van der Waals surface area (Å²) in [5.74, 6) is -0.229. The number of ether oxygens (including phenoxy) is 1. The molecule has 120 valence electrons. The monoisotopic (exact) mass is 317 g/mol. The lowest BCUT2D eigenvalue weighted by atomic mass is 10.1. The van der Waals surface area contributed by atoms with Gasteiger partial charge in [-0.15, -0.1) is 0 Å². The Hall–Kier alpha value is -3.07. The van der Waals surface area contributed by atoms with Crippen molar-refractivity contribution in [3.05, 3.63) is 84.4 Å². The molecule has 0 aliphatic rings. The van der Waals surface area contributed by atoms with Crippen molar-refractivity contribution >= 4 is 17.3 Å². The van der Waals surface area contributed by atoms with E-state index in [-0.39, 0.29) is 5.97 Å². The van der Waals surface area contributed by atoms with Gasteiger partial charge in [0.15, 0.2) is 0 Å². The van der Waals surface area contributed by atoms with Crippen molar-refractivity contribution in [2.75, 3.05) is 12.4 Å². The second-order valence-electron chi connectivity index (χ2n) is 5.52. The van der Waals surface area contributed by atoms with Crippen LogP contribution in [-0.4, -0.2) is 13.1 Å². The molecule has 0 aromatic heterocycles. The first-order valence-electron chi connectivity index (χ1n) is 7.83. The summed E-state index contributed by atoms with van der Waals surface area (Å²) in [7, 11) is 1.40. The molecule has 24 heavy (non-hydrogen) atoms. The number of rotatable bonds is 5. The largest absolute Gasteiger partial charge is 0.469 e. The van der Waals surface area contributed by atoms with E-state index in [1.54, 1.807) is 0 Å². The van der Waals surface area contributed by atoms with E-state index in [1.165, 1.54) is 18.2 Å². The van der Waals surface area contributed by atoms with Crippen molar-refractivity contribution in [3.8, 4) is 11.1 Å². The highest BCUT2D eigenvalue weighted by molar-refractivity contribution is 5.73. The molecular weight excluding hydrogens is 298 g/mol. The van der Waals surface area contributed by atoms with Gasteiger partial charge in [0.1, 0.15) is 0 Å². The van der Waals surface area contributed by atoms with E-state index in [9.17, 15) is 4.79 Å². The summed E-state index contributed by atoms with van der Waals surface area (Å²) in [6.45, 7) is 0. The minimum atomic E-state index is -0.229. The number of methoxy groups -OCH3 is 1. The zero-order valence-corrected chi connectivity index (χ0v) is 13.5. The van der Waals surface area contributed by atoms with Crippen molar-refractivity contribution in [1.29, 1.82) is 0 Å². The second kappa shape index (κ2) is 7.47. The Balaban J connectivity index is 1.67. The van der Waals surface area contributed by atoms with Crippen LogP contribution < -0.4 is 5.32 Å². The van der Waals surface area contributed by atoms with Crippen LogP contribution in [-0.2, 0) is 16.0 Å². The molecule has 0 saturated heterocycles. The molecular formula is C21H19NO2. The zero-order chi connectivity index (χ0) is 16.8. The maximum Gasteiger partial charge on any atom is 0.309 e. The number of esters is 1. The average molecular weight is 317 g/mol. The van der Waals surface area contributed by atoms with Crippen LogP contribution in [0.3, 0.4) is 0 Å². The van der Waals surface area contributed by atoms with E-state index >= 15 is 0 Å². The molecule has 0 fully saturated rings.